The van der Waals surface area contributed by atoms with Crippen LogP contribution in [0.3, 0.4) is 0 Å². The highest BCUT2D eigenvalue weighted by Crippen LogP contribution is 2.40. The van der Waals surface area contributed by atoms with Crippen LogP contribution in [0.2, 0.25) is 0 Å². The molecule has 0 fully saturated rings. The van der Waals surface area contributed by atoms with Crippen LogP contribution in [0.4, 0.5) is 0 Å². The number of carbonyl (C=O) groups excluding carboxylic acids is 1. The van der Waals surface area contributed by atoms with Crippen LogP contribution >= 0.6 is 0 Å². The van der Waals surface area contributed by atoms with Crippen molar-refractivity contribution in [3.8, 4) is 0 Å². The van der Waals surface area contributed by atoms with Crippen LogP contribution in [-0.2, 0) is 4.79 Å². The first-order chi connectivity index (χ1) is 5.99. The minimum Gasteiger partial charge on any atom is -0.290 e. The average molecular weight is 194 g/mol. The molecular weight excluding hydrogens is 172 g/mol. The Labute approximate surface area is 87.9 Å². The van der Waals surface area contributed by atoms with E-state index >= 15 is 0 Å². The lowest BCUT2D eigenvalue weighted by Crippen LogP contribution is -2.25. The van der Waals surface area contributed by atoms with Crippen molar-refractivity contribution in [1.29, 1.82) is 0 Å². The van der Waals surface area contributed by atoms with Crippen LogP contribution in [0.25, 0.3) is 0 Å². The van der Waals surface area contributed by atoms with Gasteiger partial charge < -0.3 is 0 Å². The van der Waals surface area contributed by atoms with Gasteiger partial charge >= 0.3 is 0 Å². The van der Waals surface area contributed by atoms with Crippen LogP contribution in [-0.4, -0.2) is 5.78 Å². The fourth-order valence-corrected chi connectivity index (χ4v) is 2.27. The molecule has 0 amide bonds. The maximum absolute atomic E-state index is 11.6. The van der Waals surface area contributed by atoms with Crippen LogP contribution in [0.5, 0.6) is 0 Å². The van der Waals surface area contributed by atoms with E-state index in [0.717, 1.165) is 18.4 Å². The summed E-state index contributed by atoms with van der Waals surface area (Å²) in [6, 6.07) is 0. The monoisotopic (exact) mass is 194 g/mol. The molecule has 1 heteroatoms. The van der Waals surface area contributed by atoms with E-state index in [1.54, 1.807) is 0 Å². The molecule has 0 aromatic rings. The lowest BCUT2D eigenvalue weighted by Gasteiger charge is -2.32. The molecular formula is C13H22O. The predicted molar refractivity (Wildman–Crippen MR) is 62.3 cm³/mol. The molecule has 0 saturated heterocycles. The molecule has 0 saturated carbocycles. The summed E-state index contributed by atoms with van der Waals surface area (Å²) in [5.41, 5.74) is 2.29. The van der Waals surface area contributed by atoms with Crippen molar-refractivity contribution in [1.82, 2.24) is 0 Å². The van der Waals surface area contributed by atoms with E-state index in [9.17, 15) is 4.79 Å². The fraction of sp³-hybridized carbons (Fsp3) is 0.615. The smallest absolute Gasteiger partial charge is 0.181 e. The summed E-state index contributed by atoms with van der Waals surface area (Å²) in [7, 11) is 0. The summed E-state index contributed by atoms with van der Waals surface area (Å²) in [5.74, 6) is 0.113. The zero-order valence-corrected chi connectivity index (χ0v) is 8.81. The lowest BCUT2D eigenvalue weighted by atomic mass is 9.71. The molecule has 1 aliphatic carbocycles. The molecule has 0 heterocycles. The van der Waals surface area contributed by atoms with E-state index in [2.05, 4.69) is 27.4 Å². The van der Waals surface area contributed by atoms with Gasteiger partial charge in [-0.15, -0.1) is 0 Å². The van der Waals surface area contributed by atoms with Crippen molar-refractivity contribution in [3.05, 3.63) is 23.8 Å². The van der Waals surface area contributed by atoms with Crippen molar-refractivity contribution < 1.29 is 4.79 Å². The Bertz CT molecular complexity index is 269. The molecule has 0 unspecified atom stereocenters. The summed E-state index contributed by atoms with van der Waals surface area (Å²) < 4.78 is 0. The van der Waals surface area contributed by atoms with Crippen LogP contribution in [0, 0.1) is 5.41 Å². The van der Waals surface area contributed by atoms with Gasteiger partial charge in [0.2, 0.25) is 0 Å². The lowest BCUT2D eigenvalue weighted by molar-refractivity contribution is -0.112. The molecule has 14 heavy (non-hydrogen) atoms. The molecule has 0 bridgehead atoms. The Hall–Kier alpha value is -0.850. The maximum Gasteiger partial charge on any atom is 0.181 e. The van der Waals surface area contributed by atoms with Gasteiger partial charge in [0.1, 0.15) is 0 Å². The van der Waals surface area contributed by atoms with E-state index in [1.807, 2.05) is 0 Å². The van der Waals surface area contributed by atoms with Gasteiger partial charge in [0, 0.05) is 5.57 Å². The first kappa shape index (κ1) is 13.2. The quantitative estimate of drug-likeness (QED) is 0.609. The topological polar surface area (TPSA) is 17.1 Å². The molecule has 0 aliphatic heterocycles. The first-order valence-electron chi connectivity index (χ1n) is 4.86. The molecule has 0 aromatic heterocycles. The summed E-state index contributed by atoms with van der Waals surface area (Å²) >= 11 is 0. The third kappa shape index (κ3) is 2.34. The van der Waals surface area contributed by atoms with E-state index in [1.165, 1.54) is 18.1 Å². The SMILES string of the molecule is C.C=CC(=O)C1=C(C)CCCC1(C)C. The first-order valence-corrected chi connectivity index (χ1v) is 4.86. The van der Waals surface area contributed by atoms with Crippen molar-refractivity contribution in [2.45, 2.75) is 47.5 Å². The third-order valence-corrected chi connectivity index (χ3v) is 2.89. The van der Waals surface area contributed by atoms with E-state index in [4.69, 9.17) is 0 Å². The molecule has 1 aliphatic rings. The Kier molecular flexibility index (Phi) is 4.31. The van der Waals surface area contributed by atoms with Crippen LogP contribution < -0.4 is 0 Å². The van der Waals surface area contributed by atoms with Gasteiger partial charge in [0.15, 0.2) is 5.78 Å². The molecule has 0 aromatic carbocycles. The summed E-state index contributed by atoms with van der Waals surface area (Å²) in [4.78, 5) is 11.6. The van der Waals surface area contributed by atoms with Gasteiger partial charge in [-0.25, -0.2) is 0 Å². The Morgan fingerprint density at radius 2 is 2.07 bits per heavy atom. The van der Waals surface area contributed by atoms with Crippen molar-refractivity contribution in [2.24, 2.45) is 5.41 Å². The number of rotatable bonds is 2. The highest BCUT2D eigenvalue weighted by atomic mass is 16.1. The summed E-state index contributed by atoms with van der Waals surface area (Å²) in [6.07, 6.45) is 4.82. The maximum atomic E-state index is 11.6. The largest absolute Gasteiger partial charge is 0.290 e. The van der Waals surface area contributed by atoms with Crippen LogP contribution in [0.15, 0.2) is 23.8 Å². The minimum atomic E-state index is 0. The Balaban J connectivity index is 0.00000169. The Morgan fingerprint density at radius 3 is 2.50 bits per heavy atom. The van der Waals surface area contributed by atoms with E-state index < -0.39 is 0 Å². The van der Waals surface area contributed by atoms with Crippen LogP contribution in [0.1, 0.15) is 47.5 Å². The molecule has 1 nitrogen and oxygen atoms in total. The van der Waals surface area contributed by atoms with E-state index in [0.29, 0.717) is 0 Å². The molecule has 80 valence electrons. The van der Waals surface area contributed by atoms with E-state index in [-0.39, 0.29) is 18.6 Å². The number of hydrogen-bond donors (Lipinski definition) is 0. The predicted octanol–water partition coefficient (Wildman–Crippen LogP) is 3.90. The highest BCUT2D eigenvalue weighted by Gasteiger charge is 2.31. The summed E-state index contributed by atoms with van der Waals surface area (Å²) in [5, 5.41) is 0. The second kappa shape index (κ2) is 4.59. The third-order valence-electron chi connectivity index (χ3n) is 2.89. The molecule has 0 radical (unpaired) electrons. The van der Waals surface area contributed by atoms with Crippen molar-refractivity contribution >= 4 is 5.78 Å². The standard InChI is InChI=1S/C12H18O.CH4/c1-5-10(13)11-9(2)7-6-8-12(11,3)4;/h5H,1,6-8H2,2-4H3;1H4. The van der Waals surface area contributed by atoms with Gasteiger partial charge in [-0.3, -0.25) is 4.79 Å². The number of carbonyl (C=O) groups is 1. The Morgan fingerprint density at radius 1 is 1.50 bits per heavy atom. The number of hydrogen-bond acceptors (Lipinski definition) is 1. The van der Waals surface area contributed by atoms with Gasteiger partial charge in [-0.05, 0) is 37.7 Å². The van der Waals surface area contributed by atoms with Gasteiger partial charge in [0.25, 0.3) is 0 Å². The molecule has 0 spiro atoms. The molecule has 0 atom stereocenters. The number of ketones is 1. The number of allylic oxidation sites excluding steroid dienone is 3. The average Bonchev–Trinajstić information content (AvgIpc) is 2.02. The highest BCUT2D eigenvalue weighted by molar-refractivity contribution is 6.05. The van der Waals surface area contributed by atoms with Crippen molar-refractivity contribution in [3.63, 3.8) is 0 Å². The molecule has 1 rings (SSSR count). The van der Waals surface area contributed by atoms with Crippen molar-refractivity contribution in [2.75, 3.05) is 0 Å². The normalized spacial score (nSPS) is 19.9. The second-order valence-electron chi connectivity index (χ2n) is 4.46. The minimum absolute atomic E-state index is 0. The summed E-state index contributed by atoms with van der Waals surface area (Å²) in [6.45, 7) is 9.91. The van der Waals surface area contributed by atoms with Gasteiger partial charge in [-0.1, -0.05) is 33.4 Å². The fourth-order valence-electron chi connectivity index (χ4n) is 2.27. The zero-order valence-electron chi connectivity index (χ0n) is 8.81. The molecule has 0 N–H and O–H groups in total. The van der Waals surface area contributed by atoms with Gasteiger partial charge in [0.05, 0.1) is 0 Å². The van der Waals surface area contributed by atoms with Gasteiger partial charge in [-0.2, -0.15) is 0 Å². The second-order valence-corrected chi connectivity index (χ2v) is 4.46. The zero-order chi connectivity index (χ0) is 10.1.